The smallest absolute Gasteiger partial charge is 0.464 e. The Labute approximate surface area is 121 Å². The molecule has 1 heterocycles. The van der Waals surface area contributed by atoms with Crippen molar-refractivity contribution in [2.24, 2.45) is 0 Å². The van der Waals surface area contributed by atoms with Gasteiger partial charge in [-0.2, -0.15) is 13.2 Å². The lowest BCUT2D eigenvalue weighted by Gasteiger charge is -2.17. The quantitative estimate of drug-likeness (QED) is 0.322. The van der Waals surface area contributed by atoms with Gasteiger partial charge in [0.2, 0.25) is 0 Å². The van der Waals surface area contributed by atoms with Crippen LogP contribution in [0.15, 0.2) is 6.07 Å². The monoisotopic (exact) mass is 415 g/mol. The molecule has 20 heavy (non-hydrogen) atoms. The minimum absolute atomic E-state index is 0.327. The van der Waals surface area contributed by atoms with Crippen LogP contribution in [0.4, 0.5) is 26.3 Å². The van der Waals surface area contributed by atoms with Gasteiger partial charge in [-0.25, -0.2) is 9.78 Å². The van der Waals surface area contributed by atoms with E-state index in [0.29, 0.717) is 6.07 Å². The molecule has 0 amide bonds. The second kappa shape index (κ2) is 5.61. The number of alkyl halides is 6. The number of pyridine rings is 1. The zero-order valence-corrected chi connectivity index (χ0v) is 11.6. The Morgan fingerprint density at radius 1 is 1.25 bits per heavy atom. The molecule has 0 N–H and O–H groups in total. The van der Waals surface area contributed by atoms with E-state index in [-0.39, 0.29) is 3.70 Å². The average Bonchev–Trinajstić information content (AvgIpc) is 2.26. The molecule has 0 bridgehead atoms. The summed E-state index contributed by atoms with van der Waals surface area (Å²) in [5.74, 6) is -3.22. The number of carbonyl (C=O) groups excluding carboxylic acids is 1. The molecule has 0 aromatic carbocycles. The largest absolute Gasteiger partial charge is 0.573 e. The first-order chi connectivity index (χ1) is 8.95. The van der Waals surface area contributed by atoms with E-state index < -0.39 is 35.5 Å². The standard InChI is InChI=1S/C9H4F6INO3/c1-19-7(18)5-6(20-9(13,14)15)3(8(10,11)12)2-4(16)17-5/h2H,1H3. The van der Waals surface area contributed by atoms with Crippen LogP contribution in [0.3, 0.4) is 0 Å². The molecular formula is C9H4F6INO3. The summed E-state index contributed by atoms with van der Waals surface area (Å²) in [6, 6.07) is 0.327. The highest BCUT2D eigenvalue weighted by Crippen LogP contribution is 2.40. The Kier molecular flexibility index (Phi) is 4.71. The van der Waals surface area contributed by atoms with E-state index in [1.165, 1.54) is 22.6 Å². The third-order valence-corrected chi connectivity index (χ3v) is 2.40. The minimum Gasteiger partial charge on any atom is -0.464 e. The molecule has 0 atom stereocenters. The number of halogens is 7. The molecule has 0 saturated carbocycles. The summed E-state index contributed by atoms with van der Waals surface area (Å²) < 4.78 is 81.8. The summed E-state index contributed by atoms with van der Waals surface area (Å²) >= 11 is 1.32. The number of nitrogens with zero attached hydrogens (tertiary/aromatic N) is 1. The molecule has 0 unspecified atom stereocenters. The van der Waals surface area contributed by atoms with Gasteiger partial charge >= 0.3 is 18.5 Å². The molecule has 0 aliphatic carbocycles. The van der Waals surface area contributed by atoms with E-state index in [0.717, 1.165) is 7.11 Å². The van der Waals surface area contributed by atoms with Gasteiger partial charge in [-0.1, -0.05) is 0 Å². The van der Waals surface area contributed by atoms with E-state index in [1.807, 2.05) is 0 Å². The molecule has 0 aliphatic heterocycles. The van der Waals surface area contributed by atoms with E-state index in [1.54, 1.807) is 0 Å². The lowest BCUT2D eigenvalue weighted by Crippen LogP contribution is -2.23. The van der Waals surface area contributed by atoms with Crippen molar-refractivity contribution in [1.29, 1.82) is 0 Å². The molecule has 4 nitrogen and oxygen atoms in total. The van der Waals surface area contributed by atoms with E-state index in [2.05, 4.69) is 14.5 Å². The Morgan fingerprint density at radius 3 is 2.20 bits per heavy atom. The summed E-state index contributed by atoms with van der Waals surface area (Å²) in [6.45, 7) is 0. The predicted molar refractivity (Wildman–Crippen MR) is 60.0 cm³/mol. The Bertz CT molecular complexity index is 528. The topological polar surface area (TPSA) is 48.4 Å². The van der Waals surface area contributed by atoms with Crippen molar-refractivity contribution in [1.82, 2.24) is 4.98 Å². The fraction of sp³-hybridized carbons (Fsp3) is 0.333. The van der Waals surface area contributed by atoms with Crippen molar-refractivity contribution in [3.63, 3.8) is 0 Å². The number of aromatic nitrogens is 1. The van der Waals surface area contributed by atoms with Crippen molar-refractivity contribution in [2.75, 3.05) is 7.11 Å². The Hall–Kier alpha value is -1.27. The SMILES string of the molecule is COC(=O)c1nc(I)cc(C(F)(F)F)c1OC(F)(F)F. The molecule has 1 rings (SSSR count). The summed E-state index contributed by atoms with van der Waals surface area (Å²) in [5.41, 5.74) is -2.97. The van der Waals surface area contributed by atoms with Crippen molar-refractivity contribution in [2.45, 2.75) is 12.5 Å². The third-order valence-electron chi connectivity index (χ3n) is 1.84. The molecule has 11 heteroatoms. The first-order valence-electron chi connectivity index (χ1n) is 4.57. The van der Waals surface area contributed by atoms with Crippen molar-refractivity contribution in [3.8, 4) is 5.75 Å². The van der Waals surface area contributed by atoms with Crippen molar-refractivity contribution >= 4 is 28.6 Å². The second-order valence-electron chi connectivity index (χ2n) is 3.21. The number of rotatable bonds is 2. The molecule has 0 saturated heterocycles. The maximum absolute atomic E-state index is 12.7. The summed E-state index contributed by atoms with van der Waals surface area (Å²) in [7, 11) is 0.786. The predicted octanol–water partition coefficient (Wildman–Crippen LogP) is 3.39. The van der Waals surface area contributed by atoms with Gasteiger partial charge in [0.05, 0.1) is 7.11 Å². The van der Waals surface area contributed by atoms with Crippen LogP contribution in [-0.2, 0) is 10.9 Å². The Balaban J connectivity index is 3.58. The average molecular weight is 415 g/mol. The maximum Gasteiger partial charge on any atom is 0.573 e. The minimum atomic E-state index is -5.42. The zero-order chi connectivity index (χ0) is 15.7. The summed E-state index contributed by atoms with van der Waals surface area (Å²) in [6.07, 6.45) is -10.6. The lowest BCUT2D eigenvalue weighted by atomic mass is 10.2. The van der Waals surface area contributed by atoms with Gasteiger partial charge in [0, 0.05) is 0 Å². The lowest BCUT2D eigenvalue weighted by molar-refractivity contribution is -0.276. The summed E-state index contributed by atoms with van der Waals surface area (Å²) in [5, 5.41) is 0. The van der Waals surface area contributed by atoms with Gasteiger partial charge in [0.25, 0.3) is 0 Å². The van der Waals surface area contributed by atoms with Gasteiger partial charge in [-0.05, 0) is 28.7 Å². The van der Waals surface area contributed by atoms with Crippen LogP contribution < -0.4 is 4.74 Å². The van der Waals surface area contributed by atoms with Crippen LogP contribution in [0.1, 0.15) is 16.1 Å². The molecule has 0 fully saturated rings. The molecule has 0 radical (unpaired) electrons. The number of ether oxygens (including phenoxy) is 2. The zero-order valence-electron chi connectivity index (χ0n) is 9.40. The molecule has 0 aliphatic rings. The third kappa shape index (κ3) is 4.11. The summed E-state index contributed by atoms with van der Waals surface area (Å²) in [4.78, 5) is 14.5. The normalized spacial score (nSPS) is 12.2. The molecular weight excluding hydrogens is 411 g/mol. The van der Waals surface area contributed by atoms with Crippen LogP contribution in [0.2, 0.25) is 0 Å². The highest BCUT2D eigenvalue weighted by atomic mass is 127. The maximum atomic E-state index is 12.7. The van der Waals surface area contributed by atoms with Gasteiger partial charge in [-0.15, -0.1) is 13.2 Å². The first kappa shape index (κ1) is 16.8. The number of hydrogen-bond donors (Lipinski definition) is 0. The number of hydrogen-bond acceptors (Lipinski definition) is 4. The number of methoxy groups -OCH3 is 1. The van der Waals surface area contributed by atoms with Crippen LogP contribution in [-0.4, -0.2) is 24.4 Å². The van der Waals surface area contributed by atoms with Gasteiger partial charge < -0.3 is 9.47 Å². The Morgan fingerprint density at radius 2 is 1.80 bits per heavy atom. The molecule has 1 aromatic rings. The van der Waals surface area contributed by atoms with Crippen LogP contribution in [0.5, 0.6) is 5.75 Å². The van der Waals surface area contributed by atoms with E-state index >= 15 is 0 Å². The fourth-order valence-electron chi connectivity index (χ4n) is 1.17. The van der Waals surface area contributed by atoms with Crippen LogP contribution >= 0.6 is 22.6 Å². The van der Waals surface area contributed by atoms with Gasteiger partial charge in [0.15, 0.2) is 11.4 Å². The second-order valence-corrected chi connectivity index (χ2v) is 4.31. The van der Waals surface area contributed by atoms with Gasteiger partial charge in [0.1, 0.15) is 9.26 Å². The highest BCUT2D eigenvalue weighted by Gasteiger charge is 2.42. The van der Waals surface area contributed by atoms with Crippen LogP contribution in [0, 0.1) is 3.70 Å². The molecule has 0 spiro atoms. The van der Waals surface area contributed by atoms with Crippen LogP contribution in [0.25, 0.3) is 0 Å². The molecule has 112 valence electrons. The van der Waals surface area contributed by atoms with Crippen molar-refractivity contribution < 1.29 is 40.6 Å². The first-order valence-corrected chi connectivity index (χ1v) is 5.65. The van der Waals surface area contributed by atoms with E-state index in [9.17, 15) is 31.1 Å². The number of esters is 1. The molecule has 1 aromatic heterocycles. The highest BCUT2D eigenvalue weighted by molar-refractivity contribution is 14.1. The van der Waals surface area contributed by atoms with E-state index in [4.69, 9.17) is 0 Å². The number of carbonyl (C=O) groups is 1. The fourth-order valence-corrected chi connectivity index (χ4v) is 1.72. The van der Waals surface area contributed by atoms with Gasteiger partial charge in [-0.3, -0.25) is 0 Å². The van der Waals surface area contributed by atoms with Crippen molar-refractivity contribution in [3.05, 3.63) is 21.0 Å².